The van der Waals surface area contributed by atoms with Crippen LogP contribution in [-0.4, -0.2) is 68.6 Å². The maximum Gasteiger partial charge on any atom is 0.244 e. The molecule has 0 aromatic heterocycles. The molecule has 2 N–H and O–H groups in total. The van der Waals surface area contributed by atoms with Crippen LogP contribution in [-0.2, 0) is 9.53 Å². The Labute approximate surface area is 89.7 Å². The number of guanidine groups is 1. The number of nitrogens with two attached hydrogens (primary N) is 1. The lowest BCUT2D eigenvalue weighted by Crippen LogP contribution is -2.42. The Hall–Kier alpha value is -1.30. The average Bonchev–Trinajstić information content (AvgIpc) is 2.26. The van der Waals surface area contributed by atoms with Crippen LogP contribution >= 0.6 is 0 Å². The summed E-state index contributed by atoms with van der Waals surface area (Å²) in [7, 11) is 3.58. The maximum atomic E-state index is 11.6. The Balaban J connectivity index is 2.37. The van der Waals surface area contributed by atoms with E-state index in [1.54, 1.807) is 23.9 Å². The molecule has 0 radical (unpaired) electrons. The minimum absolute atomic E-state index is 0.00287. The zero-order valence-corrected chi connectivity index (χ0v) is 9.27. The fourth-order valence-electron chi connectivity index (χ4n) is 1.20. The Kier molecular flexibility index (Phi) is 4.36. The van der Waals surface area contributed by atoms with E-state index in [0.717, 1.165) is 0 Å². The number of hydrogen-bond donors (Lipinski definition) is 1. The van der Waals surface area contributed by atoms with Gasteiger partial charge < -0.3 is 20.3 Å². The second kappa shape index (κ2) is 5.55. The lowest BCUT2D eigenvalue weighted by molar-refractivity contribution is -0.133. The van der Waals surface area contributed by atoms with Gasteiger partial charge >= 0.3 is 0 Å². The van der Waals surface area contributed by atoms with E-state index in [1.807, 2.05) is 0 Å². The van der Waals surface area contributed by atoms with Gasteiger partial charge in [-0.2, -0.15) is 0 Å². The van der Waals surface area contributed by atoms with Crippen molar-refractivity contribution in [2.75, 3.05) is 46.9 Å². The highest BCUT2D eigenvalue weighted by atomic mass is 16.5. The molecule has 0 bridgehead atoms. The highest BCUT2D eigenvalue weighted by Crippen LogP contribution is 1.97. The molecule has 0 atom stereocenters. The number of nitrogens with zero attached hydrogens (tertiary/aromatic N) is 3. The van der Waals surface area contributed by atoms with Crippen LogP contribution < -0.4 is 5.73 Å². The first-order valence-electron chi connectivity index (χ1n) is 4.94. The highest BCUT2D eigenvalue weighted by Gasteiger charge is 2.15. The van der Waals surface area contributed by atoms with Gasteiger partial charge in [0, 0.05) is 27.2 Å². The Morgan fingerprint density at radius 3 is 2.60 bits per heavy atom. The summed E-state index contributed by atoms with van der Waals surface area (Å²) in [6.07, 6.45) is 0. The number of carbonyl (C=O) groups excluding carboxylic acids is 1. The van der Waals surface area contributed by atoms with E-state index in [4.69, 9.17) is 10.5 Å². The molecule has 1 saturated heterocycles. The molecule has 15 heavy (non-hydrogen) atoms. The minimum atomic E-state index is 0.00287. The summed E-state index contributed by atoms with van der Waals surface area (Å²) in [6, 6.07) is 0. The van der Waals surface area contributed by atoms with Crippen molar-refractivity contribution < 1.29 is 9.53 Å². The van der Waals surface area contributed by atoms with E-state index < -0.39 is 0 Å². The van der Waals surface area contributed by atoms with Gasteiger partial charge in [-0.05, 0) is 0 Å². The van der Waals surface area contributed by atoms with E-state index in [9.17, 15) is 4.79 Å². The Bertz CT molecular complexity index is 246. The standard InChI is InChI=1S/C9H18N4O2/c1-12(2)9(10)11-7-8(14)13-3-5-15-6-4-13/h3-7H2,1-2H3,(H2,10,11). The average molecular weight is 214 g/mol. The molecular weight excluding hydrogens is 196 g/mol. The van der Waals surface area contributed by atoms with Gasteiger partial charge in [0.2, 0.25) is 5.91 Å². The smallest absolute Gasteiger partial charge is 0.244 e. The summed E-state index contributed by atoms with van der Waals surface area (Å²) >= 11 is 0. The van der Waals surface area contributed by atoms with Crippen molar-refractivity contribution in [1.29, 1.82) is 0 Å². The number of aliphatic imine (C=N–C) groups is 1. The molecule has 1 aliphatic heterocycles. The molecule has 1 amide bonds. The highest BCUT2D eigenvalue weighted by molar-refractivity contribution is 5.83. The van der Waals surface area contributed by atoms with Gasteiger partial charge in [-0.25, -0.2) is 4.99 Å². The number of carbonyl (C=O) groups is 1. The quantitative estimate of drug-likeness (QED) is 0.459. The van der Waals surface area contributed by atoms with Crippen molar-refractivity contribution in [3.05, 3.63) is 0 Å². The van der Waals surface area contributed by atoms with Crippen molar-refractivity contribution in [1.82, 2.24) is 9.80 Å². The summed E-state index contributed by atoms with van der Waals surface area (Å²) in [4.78, 5) is 19.0. The van der Waals surface area contributed by atoms with Crippen LogP contribution in [0.5, 0.6) is 0 Å². The first kappa shape index (κ1) is 11.8. The topological polar surface area (TPSA) is 71.2 Å². The third-order valence-electron chi connectivity index (χ3n) is 2.20. The summed E-state index contributed by atoms with van der Waals surface area (Å²) in [5.74, 6) is 0.375. The summed E-state index contributed by atoms with van der Waals surface area (Å²) in [5.41, 5.74) is 5.57. The van der Waals surface area contributed by atoms with E-state index in [0.29, 0.717) is 32.3 Å². The van der Waals surface area contributed by atoms with E-state index in [2.05, 4.69) is 4.99 Å². The lowest BCUT2D eigenvalue weighted by atomic mass is 10.4. The van der Waals surface area contributed by atoms with Crippen LogP contribution in [0.25, 0.3) is 0 Å². The van der Waals surface area contributed by atoms with Gasteiger partial charge in [0.15, 0.2) is 5.96 Å². The van der Waals surface area contributed by atoms with Gasteiger partial charge in [0.05, 0.1) is 13.2 Å². The van der Waals surface area contributed by atoms with E-state index in [-0.39, 0.29) is 12.5 Å². The molecule has 6 heteroatoms. The predicted octanol–water partition coefficient (Wildman–Crippen LogP) is -1.28. The minimum Gasteiger partial charge on any atom is -0.378 e. The van der Waals surface area contributed by atoms with Crippen LogP contribution in [0, 0.1) is 0 Å². The zero-order chi connectivity index (χ0) is 11.3. The third-order valence-corrected chi connectivity index (χ3v) is 2.20. The van der Waals surface area contributed by atoms with E-state index in [1.165, 1.54) is 0 Å². The Morgan fingerprint density at radius 1 is 1.47 bits per heavy atom. The molecule has 0 unspecified atom stereocenters. The van der Waals surface area contributed by atoms with Crippen molar-refractivity contribution in [3.8, 4) is 0 Å². The van der Waals surface area contributed by atoms with Crippen LogP contribution in [0.2, 0.25) is 0 Å². The van der Waals surface area contributed by atoms with Crippen molar-refractivity contribution in [3.63, 3.8) is 0 Å². The van der Waals surface area contributed by atoms with Crippen LogP contribution in [0.1, 0.15) is 0 Å². The largest absolute Gasteiger partial charge is 0.378 e. The van der Waals surface area contributed by atoms with Gasteiger partial charge in [-0.1, -0.05) is 0 Å². The fourth-order valence-corrected chi connectivity index (χ4v) is 1.20. The van der Waals surface area contributed by atoms with Gasteiger partial charge in [-0.3, -0.25) is 4.79 Å². The molecular formula is C9H18N4O2. The number of hydrogen-bond acceptors (Lipinski definition) is 3. The summed E-state index contributed by atoms with van der Waals surface area (Å²) < 4.78 is 5.15. The van der Waals surface area contributed by atoms with Gasteiger partial charge in [0.25, 0.3) is 0 Å². The van der Waals surface area contributed by atoms with Crippen LogP contribution in [0.3, 0.4) is 0 Å². The molecule has 0 aromatic carbocycles. The second-order valence-corrected chi connectivity index (χ2v) is 3.56. The first-order chi connectivity index (χ1) is 7.11. The molecule has 1 aliphatic rings. The van der Waals surface area contributed by atoms with Crippen LogP contribution in [0.15, 0.2) is 4.99 Å². The molecule has 1 rings (SSSR count). The fraction of sp³-hybridized carbons (Fsp3) is 0.778. The van der Waals surface area contributed by atoms with Crippen molar-refractivity contribution in [2.45, 2.75) is 0 Å². The predicted molar refractivity (Wildman–Crippen MR) is 57.6 cm³/mol. The molecule has 0 saturated carbocycles. The van der Waals surface area contributed by atoms with E-state index >= 15 is 0 Å². The monoisotopic (exact) mass is 214 g/mol. The van der Waals surface area contributed by atoms with Gasteiger partial charge in [-0.15, -0.1) is 0 Å². The molecule has 0 spiro atoms. The first-order valence-corrected chi connectivity index (χ1v) is 4.94. The van der Waals surface area contributed by atoms with Crippen molar-refractivity contribution in [2.24, 2.45) is 10.7 Å². The van der Waals surface area contributed by atoms with Gasteiger partial charge in [0.1, 0.15) is 6.54 Å². The number of ether oxygens (including phenoxy) is 1. The lowest BCUT2D eigenvalue weighted by Gasteiger charge is -2.26. The SMILES string of the molecule is CN(C)C(N)=NCC(=O)N1CCOCC1. The summed E-state index contributed by atoms with van der Waals surface area (Å²) in [6.45, 7) is 2.63. The molecule has 0 aromatic rings. The maximum absolute atomic E-state index is 11.6. The van der Waals surface area contributed by atoms with Crippen LogP contribution in [0.4, 0.5) is 0 Å². The van der Waals surface area contributed by atoms with Crippen molar-refractivity contribution >= 4 is 11.9 Å². The number of rotatable bonds is 2. The molecule has 6 nitrogen and oxygen atoms in total. The summed E-state index contributed by atoms with van der Waals surface area (Å²) in [5, 5.41) is 0. The Morgan fingerprint density at radius 2 is 2.07 bits per heavy atom. The molecule has 86 valence electrons. The zero-order valence-electron chi connectivity index (χ0n) is 9.27. The third kappa shape index (κ3) is 3.75. The second-order valence-electron chi connectivity index (χ2n) is 3.56. The molecule has 1 heterocycles. The normalized spacial score (nSPS) is 17.7. The number of morpholine rings is 1. The molecule has 1 fully saturated rings. The number of amides is 1. The molecule has 0 aliphatic carbocycles.